The summed E-state index contributed by atoms with van der Waals surface area (Å²) in [6.07, 6.45) is 2.83. The summed E-state index contributed by atoms with van der Waals surface area (Å²) in [5, 5.41) is 2.49. The first-order valence-electron chi connectivity index (χ1n) is 6.88. The Balaban J connectivity index is 2.32. The van der Waals surface area contributed by atoms with Gasteiger partial charge >= 0.3 is 6.09 Å². The molecule has 0 heterocycles. The minimum Gasteiger partial charge on any atom is -0.444 e. The maximum atomic E-state index is 13.7. The van der Waals surface area contributed by atoms with Crippen LogP contribution in [0.3, 0.4) is 0 Å². The monoisotopic (exact) mass is 343 g/mol. The first-order chi connectivity index (χ1) is 10.3. The molecule has 0 bridgehead atoms. The van der Waals surface area contributed by atoms with Crippen LogP contribution in [0.15, 0.2) is 46.0 Å². The standard InChI is InChI=1S/C16H22FNO2S2/c1-16(2,3)20-15(19)18-10-9-12(17)11-22-14-7-5-13(21-4)6-8-14/h5-9H,10-11H2,1-4H3,(H,18,19)/b12-9-. The second-order valence-electron chi connectivity index (χ2n) is 5.50. The fourth-order valence-electron chi connectivity index (χ4n) is 1.44. The van der Waals surface area contributed by atoms with Crippen LogP contribution in [-0.4, -0.2) is 30.2 Å². The summed E-state index contributed by atoms with van der Waals surface area (Å²) in [6.45, 7) is 5.46. The molecular formula is C16H22FNO2S2. The Kier molecular flexibility index (Phi) is 7.82. The highest BCUT2D eigenvalue weighted by atomic mass is 32.2. The minimum absolute atomic E-state index is 0.118. The smallest absolute Gasteiger partial charge is 0.407 e. The van der Waals surface area contributed by atoms with Crippen LogP contribution in [0.4, 0.5) is 9.18 Å². The zero-order chi connectivity index (χ0) is 16.6. The lowest BCUT2D eigenvalue weighted by molar-refractivity contribution is 0.0534. The lowest BCUT2D eigenvalue weighted by Gasteiger charge is -2.19. The molecule has 0 aliphatic rings. The predicted octanol–water partition coefficient (Wildman–Crippen LogP) is 4.88. The Labute approximate surface area is 140 Å². The Morgan fingerprint density at radius 2 is 1.86 bits per heavy atom. The van der Waals surface area contributed by atoms with Gasteiger partial charge in [-0.05, 0) is 57.4 Å². The highest BCUT2D eigenvalue weighted by Crippen LogP contribution is 2.24. The van der Waals surface area contributed by atoms with E-state index in [1.165, 1.54) is 22.7 Å². The third kappa shape index (κ3) is 8.34. The van der Waals surface area contributed by atoms with Gasteiger partial charge in [0.2, 0.25) is 0 Å². The van der Waals surface area contributed by atoms with Crippen molar-refractivity contribution in [3.63, 3.8) is 0 Å². The lowest BCUT2D eigenvalue weighted by atomic mass is 10.2. The third-order valence-corrected chi connectivity index (χ3v) is 4.17. The van der Waals surface area contributed by atoms with E-state index >= 15 is 0 Å². The number of benzene rings is 1. The average molecular weight is 343 g/mol. The molecule has 0 saturated carbocycles. The minimum atomic E-state index is -0.550. The van der Waals surface area contributed by atoms with E-state index in [4.69, 9.17) is 4.74 Å². The lowest BCUT2D eigenvalue weighted by Crippen LogP contribution is -2.32. The number of halogens is 1. The molecule has 1 amide bonds. The normalized spacial score (nSPS) is 12.1. The maximum Gasteiger partial charge on any atom is 0.407 e. The van der Waals surface area contributed by atoms with Gasteiger partial charge in [0.1, 0.15) is 11.4 Å². The van der Waals surface area contributed by atoms with E-state index in [-0.39, 0.29) is 18.1 Å². The molecule has 22 heavy (non-hydrogen) atoms. The van der Waals surface area contributed by atoms with Crippen LogP contribution >= 0.6 is 23.5 Å². The Bertz CT molecular complexity index is 510. The Morgan fingerprint density at radius 1 is 1.27 bits per heavy atom. The van der Waals surface area contributed by atoms with E-state index in [0.29, 0.717) is 0 Å². The summed E-state index contributed by atoms with van der Waals surface area (Å²) in [6, 6.07) is 7.98. The van der Waals surface area contributed by atoms with Crippen molar-refractivity contribution in [3.05, 3.63) is 36.2 Å². The fraction of sp³-hybridized carbons (Fsp3) is 0.438. The number of thioether (sulfide) groups is 2. The maximum absolute atomic E-state index is 13.7. The molecule has 0 aliphatic carbocycles. The predicted molar refractivity (Wildman–Crippen MR) is 92.4 cm³/mol. The van der Waals surface area contributed by atoms with Crippen molar-refractivity contribution in [2.24, 2.45) is 0 Å². The van der Waals surface area contributed by atoms with Gasteiger partial charge in [-0.3, -0.25) is 0 Å². The second-order valence-corrected chi connectivity index (χ2v) is 7.43. The van der Waals surface area contributed by atoms with Gasteiger partial charge in [0, 0.05) is 22.1 Å². The SMILES string of the molecule is CSc1ccc(SC/C(F)=C/CNC(=O)OC(C)(C)C)cc1. The molecule has 0 unspecified atom stereocenters. The highest BCUT2D eigenvalue weighted by Gasteiger charge is 2.15. The second kappa shape index (κ2) is 9.10. The number of carbonyl (C=O) groups is 1. The van der Waals surface area contributed by atoms with Crippen molar-refractivity contribution >= 4 is 29.6 Å². The quantitative estimate of drug-likeness (QED) is 0.747. The van der Waals surface area contributed by atoms with Crippen molar-refractivity contribution in [2.75, 3.05) is 18.6 Å². The molecule has 0 aromatic heterocycles. The van der Waals surface area contributed by atoms with Crippen molar-refractivity contribution < 1.29 is 13.9 Å². The number of amides is 1. The number of nitrogens with one attached hydrogen (secondary N) is 1. The first kappa shape index (κ1) is 18.9. The molecule has 0 radical (unpaired) electrons. The van der Waals surface area contributed by atoms with Gasteiger partial charge in [0.25, 0.3) is 0 Å². The van der Waals surface area contributed by atoms with E-state index < -0.39 is 11.7 Å². The first-order valence-corrected chi connectivity index (χ1v) is 9.09. The zero-order valence-electron chi connectivity index (χ0n) is 13.3. The van der Waals surface area contributed by atoms with Crippen LogP contribution in [0.25, 0.3) is 0 Å². The van der Waals surface area contributed by atoms with Crippen LogP contribution in [0.5, 0.6) is 0 Å². The molecule has 0 aliphatic heterocycles. The number of alkyl carbamates (subject to hydrolysis) is 1. The van der Waals surface area contributed by atoms with Crippen LogP contribution < -0.4 is 5.32 Å². The highest BCUT2D eigenvalue weighted by molar-refractivity contribution is 7.99. The van der Waals surface area contributed by atoms with Crippen LogP contribution in [0, 0.1) is 0 Å². The van der Waals surface area contributed by atoms with E-state index in [1.54, 1.807) is 32.5 Å². The van der Waals surface area contributed by atoms with Crippen molar-refractivity contribution in [2.45, 2.75) is 36.2 Å². The van der Waals surface area contributed by atoms with Gasteiger partial charge in [0.15, 0.2) is 0 Å². The molecule has 0 spiro atoms. The van der Waals surface area contributed by atoms with Gasteiger partial charge in [-0.1, -0.05) is 0 Å². The number of ether oxygens (including phenoxy) is 1. The largest absolute Gasteiger partial charge is 0.444 e. The van der Waals surface area contributed by atoms with E-state index in [1.807, 2.05) is 30.5 Å². The molecule has 1 aromatic carbocycles. The van der Waals surface area contributed by atoms with Crippen LogP contribution in [0.1, 0.15) is 20.8 Å². The van der Waals surface area contributed by atoms with Gasteiger partial charge < -0.3 is 10.1 Å². The van der Waals surface area contributed by atoms with Crippen molar-refractivity contribution in [1.82, 2.24) is 5.32 Å². The molecule has 3 nitrogen and oxygen atoms in total. The summed E-state index contributed by atoms with van der Waals surface area (Å²) in [7, 11) is 0. The molecular weight excluding hydrogens is 321 g/mol. The van der Waals surface area contributed by atoms with E-state index in [0.717, 1.165) is 4.90 Å². The summed E-state index contributed by atoms with van der Waals surface area (Å²) in [5.74, 6) is -0.0239. The van der Waals surface area contributed by atoms with Crippen LogP contribution in [0.2, 0.25) is 0 Å². The number of hydrogen-bond donors (Lipinski definition) is 1. The molecule has 6 heteroatoms. The van der Waals surface area contributed by atoms with E-state index in [2.05, 4.69) is 5.32 Å². The Morgan fingerprint density at radius 3 is 2.41 bits per heavy atom. The average Bonchev–Trinajstić information content (AvgIpc) is 2.43. The summed E-state index contributed by atoms with van der Waals surface area (Å²) in [5.41, 5.74) is -0.550. The van der Waals surface area contributed by atoms with E-state index in [9.17, 15) is 9.18 Å². The molecule has 122 valence electrons. The molecule has 1 aromatic rings. The van der Waals surface area contributed by atoms with Crippen molar-refractivity contribution in [3.8, 4) is 0 Å². The number of rotatable bonds is 6. The van der Waals surface area contributed by atoms with Gasteiger partial charge in [-0.15, -0.1) is 23.5 Å². The van der Waals surface area contributed by atoms with Crippen LogP contribution in [-0.2, 0) is 4.74 Å². The number of carbonyl (C=O) groups excluding carboxylic acids is 1. The summed E-state index contributed by atoms with van der Waals surface area (Å²) < 4.78 is 18.7. The molecule has 1 N–H and O–H groups in total. The molecule has 0 fully saturated rings. The van der Waals surface area contributed by atoms with Gasteiger partial charge in [0.05, 0.1) is 0 Å². The zero-order valence-corrected chi connectivity index (χ0v) is 14.9. The van der Waals surface area contributed by atoms with Gasteiger partial charge in [-0.2, -0.15) is 0 Å². The summed E-state index contributed by atoms with van der Waals surface area (Å²) >= 11 is 3.09. The molecule has 0 saturated heterocycles. The third-order valence-electron chi connectivity index (χ3n) is 2.40. The summed E-state index contributed by atoms with van der Waals surface area (Å²) in [4.78, 5) is 13.6. The molecule has 1 rings (SSSR count). The molecule has 0 atom stereocenters. The van der Waals surface area contributed by atoms with Crippen molar-refractivity contribution in [1.29, 1.82) is 0 Å². The topological polar surface area (TPSA) is 38.3 Å². The number of hydrogen-bond acceptors (Lipinski definition) is 4. The fourth-order valence-corrected chi connectivity index (χ4v) is 2.60. The van der Waals surface area contributed by atoms with Gasteiger partial charge in [-0.25, -0.2) is 9.18 Å². The Hall–Kier alpha value is -1.14.